The van der Waals surface area contributed by atoms with Gasteiger partial charge in [-0.3, -0.25) is 43.2 Å². The molecule has 77 heavy (non-hydrogen) atoms. The van der Waals surface area contributed by atoms with Gasteiger partial charge < -0.3 is 78.9 Å². The van der Waals surface area contributed by atoms with Gasteiger partial charge in [0.1, 0.15) is 54.1 Å². The molecule has 11 atom stereocenters. The number of primary amides is 1. The predicted molar refractivity (Wildman–Crippen MR) is 275 cm³/mol. The van der Waals surface area contributed by atoms with Gasteiger partial charge in [-0.15, -0.1) is 0 Å². The van der Waals surface area contributed by atoms with Gasteiger partial charge in [-0.25, -0.2) is 14.8 Å². The van der Waals surface area contributed by atoms with Crippen molar-refractivity contribution in [2.24, 2.45) is 29.2 Å². The first-order chi connectivity index (χ1) is 36.5. The fourth-order valence-corrected chi connectivity index (χ4v) is 8.40. The van der Waals surface area contributed by atoms with E-state index in [9.17, 15) is 63.3 Å². The lowest BCUT2D eigenvalue weighted by Crippen LogP contribution is -2.62. The van der Waals surface area contributed by atoms with E-state index in [-0.39, 0.29) is 50.3 Å². The standard InChI is InChI=1S/C50H74N14O13/c1-7-26(5)39(52)49(75)64-15-9-10-37(64)46(72)61-36(22-65)45(71)63-41(27(6)8-2)48(74)59-34(19-38(51)67)44(70)62-40(25(3)4)47(73)58-33(18-30-21-54-24-56-30)42(68)57-32(17-29-20-53-23-55-29)43(69)60-35(50(76)77)16-28-11-13-31(66)14-12-28/h11-14,20-21,23-27,32-37,39-41,65-66H,7-10,15-19,22,52H2,1-6H3,(H2,51,67)(H,53,55)(H,54,56)(H,57,68)(H,58,73)(H,59,74)(H,60,69)(H,61,72)(H,62,70)(H,63,71)(H,76,77)/t26-,27-,32-,33-,34-,35-,36-,37-,39-,40-,41-/m0/s1. The number of aromatic nitrogens is 4. The number of aliphatic hydroxyl groups excluding tert-OH is 1. The molecule has 1 aromatic carbocycles. The molecule has 422 valence electrons. The molecular formula is C50H74N14O13. The number of phenols is 1. The third-order valence-electron chi connectivity index (χ3n) is 13.5. The molecule has 27 nitrogen and oxygen atoms in total. The molecule has 0 aliphatic carbocycles. The summed E-state index contributed by atoms with van der Waals surface area (Å²) in [6.45, 7) is 9.51. The van der Waals surface area contributed by atoms with Crippen LogP contribution in [0.3, 0.4) is 0 Å². The highest BCUT2D eigenvalue weighted by Crippen LogP contribution is 2.21. The van der Waals surface area contributed by atoms with Gasteiger partial charge in [0.25, 0.3) is 0 Å². The van der Waals surface area contributed by atoms with Gasteiger partial charge in [0.15, 0.2) is 0 Å². The van der Waals surface area contributed by atoms with Crippen molar-refractivity contribution in [3.63, 3.8) is 0 Å². The van der Waals surface area contributed by atoms with Gasteiger partial charge in [0, 0.05) is 49.6 Å². The Morgan fingerprint density at radius 3 is 1.65 bits per heavy atom. The minimum Gasteiger partial charge on any atom is -0.508 e. The first-order valence-electron chi connectivity index (χ1n) is 25.5. The lowest BCUT2D eigenvalue weighted by molar-refractivity contribution is -0.142. The molecule has 1 aliphatic rings. The van der Waals surface area contributed by atoms with E-state index < -0.39 is 138 Å². The number of imidazole rings is 2. The van der Waals surface area contributed by atoms with E-state index in [2.05, 4.69) is 57.2 Å². The summed E-state index contributed by atoms with van der Waals surface area (Å²) in [6.07, 6.45) is 5.73. The van der Waals surface area contributed by atoms with E-state index in [1.165, 1.54) is 54.2 Å². The number of nitrogens with two attached hydrogens (primary N) is 2. The number of carbonyl (C=O) groups is 10. The molecule has 0 bridgehead atoms. The number of nitrogens with zero attached hydrogens (tertiary/aromatic N) is 3. The number of nitrogens with one attached hydrogen (secondary N) is 9. The van der Waals surface area contributed by atoms with Crippen molar-refractivity contribution in [2.75, 3.05) is 13.2 Å². The zero-order valence-electron chi connectivity index (χ0n) is 44.0. The molecule has 1 aliphatic heterocycles. The van der Waals surface area contributed by atoms with Crippen LogP contribution in [0.1, 0.15) is 90.6 Å². The van der Waals surface area contributed by atoms with Gasteiger partial charge >= 0.3 is 5.97 Å². The van der Waals surface area contributed by atoms with Crippen LogP contribution in [0.15, 0.2) is 49.3 Å². The molecule has 16 N–H and O–H groups in total. The molecule has 0 spiro atoms. The summed E-state index contributed by atoms with van der Waals surface area (Å²) in [5, 5.41) is 47.6. The largest absolute Gasteiger partial charge is 0.508 e. The number of H-pyrrole nitrogens is 2. The molecule has 4 rings (SSSR count). The van der Waals surface area contributed by atoms with Gasteiger partial charge in [0.05, 0.1) is 31.7 Å². The number of rotatable bonds is 30. The van der Waals surface area contributed by atoms with Gasteiger partial charge in [-0.05, 0) is 48.3 Å². The van der Waals surface area contributed by atoms with E-state index in [0.29, 0.717) is 29.8 Å². The number of aromatic hydroxyl groups is 1. The van der Waals surface area contributed by atoms with Crippen LogP contribution in [0.25, 0.3) is 0 Å². The van der Waals surface area contributed by atoms with Gasteiger partial charge in [-0.2, -0.15) is 0 Å². The van der Waals surface area contributed by atoms with Crippen molar-refractivity contribution in [3.05, 3.63) is 66.3 Å². The minimum atomic E-state index is -1.73. The monoisotopic (exact) mass is 1080 g/mol. The van der Waals surface area contributed by atoms with Crippen LogP contribution in [0.5, 0.6) is 5.75 Å². The Balaban J connectivity index is 1.51. The van der Waals surface area contributed by atoms with Gasteiger partial charge in [-0.1, -0.05) is 66.5 Å². The first kappa shape index (κ1) is 61.6. The normalized spacial score (nSPS) is 17.2. The molecule has 0 unspecified atom stereocenters. The highest BCUT2D eigenvalue weighted by molar-refractivity contribution is 5.99. The van der Waals surface area contributed by atoms with E-state index in [1.807, 2.05) is 13.8 Å². The number of amides is 9. The van der Waals surface area contributed by atoms with Crippen LogP contribution < -0.4 is 48.7 Å². The number of phenolic OH excluding ortho intramolecular Hbond substituents is 1. The third kappa shape index (κ3) is 18.1. The summed E-state index contributed by atoms with van der Waals surface area (Å²) in [5.74, 6) is -10.9. The number of aliphatic hydroxyl groups is 1. The van der Waals surface area contributed by atoms with E-state index in [0.717, 1.165) is 0 Å². The highest BCUT2D eigenvalue weighted by Gasteiger charge is 2.40. The molecule has 2 aromatic heterocycles. The van der Waals surface area contributed by atoms with Crippen LogP contribution in [0.2, 0.25) is 0 Å². The second-order valence-corrected chi connectivity index (χ2v) is 19.6. The fourth-order valence-electron chi connectivity index (χ4n) is 8.40. The maximum absolute atomic E-state index is 14.3. The van der Waals surface area contributed by atoms with Crippen molar-refractivity contribution >= 4 is 59.1 Å². The molecule has 3 aromatic rings. The number of hydrogen-bond donors (Lipinski definition) is 14. The van der Waals surface area contributed by atoms with Gasteiger partial charge in [0.2, 0.25) is 53.2 Å². The summed E-state index contributed by atoms with van der Waals surface area (Å²) < 4.78 is 0. The summed E-state index contributed by atoms with van der Waals surface area (Å²) >= 11 is 0. The van der Waals surface area contributed by atoms with Crippen molar-refractivity contribution < 1.29 is 63.3 Å². The smallest absolute Gasteiger partial charge is 0.326 e. The molecule has 1 saturated heterocycles. The second kappa shape index (κ2) is 29.4. The summed E-state index contributed by atoms with van der Waals surface area (Å²) in [7, 11) is 0. The average molecular weight is 1080 g/mol. The van der Waals surface area contributed by atoms with E-state index in [1.54, 1.807) is 27.7 Å². The summed E-state index contributed by atoms with van der Waals surface area (Å²) in [4.78, 5) is 151. The average Bonchev–Trinajstić information content (AvgIpc) is 4.22. The third-order valence-corrected chi connectivity index (χ3v) is 13.5. The first-order valence-corrected chi connectivity index (χ1v) is 25.5. The SMILES string of the molecule is CC[C@H](C)[C@H](N)C(=O)N1CCC[C@H]1C(=O)N[C@@H](CO)C(=O)N[C@H](C(=O)N[C@@H](CC(N)=O)C(=O)N[C@H](C(=O)N[C@@H](Cc1cnc[nH]1)C(=O)N[C@@H](Cc1cnc[nH]1)C(=O)N[C@@H](Cc1ccc(O)cc1)C(=O)O)C(C)C)[C@@H](C)CC. The van der Waals surface area contributed by atoms with Crippen molar-refractivity contribution in [1.29, 1.82) is 0 Å². The van der Waals surface area contributed by atoms with Crippen molar-refractivity contribution in [3.8, 4) is 5.75 Å². The zero-order valence-corrected chi connectivity index (χ0v) is 44.0. The molecule has 9 amide bonds. The molecule has 0 radical (unpaired) electrons. The Morgan fingerprint density at radius 1 is 0.662 bits per heavy atom. The Kier molecular flexibility index (Phi) is 23.5. The number of carboxylic acids is 1. The second-order valence-electron chi connectivity index (χ2n) is 19.6. The van der Waals surface area contributed by atoms with E-state index >= 15 is 0 Å². The van der Waals surface area contributed by atoms with E-state index in [4.69, 9.17) is 11.5 Å². The highest BCUT2D eigenvalue weighted by atomic mass is 16.4. The molecule has 27 heteroatoms. The lowest BCUT2D eigenvalue weighted by Gasteiger charge is -2.31. The summed E-state index contributed by atoms with van der Waals surface area (Å²) in [6, 6.07) is -6.71. The quantitative estimate of drug-likeness (QED) is 0.0323. The van der Waals surface area contributed by atoms with Crippen LogP contribution in [-0.2, 0) is 67.2 Å². The van der Waals surface area contributed by atoms with Crippen molar-refractivity contribution in [1.82, 2.24) is 62.1 Å². The molecule has 1 fully saturated rings. The number of carbonyl (C=O) groups excluding carboxylic acids is 9. The maximum Gasteiger partial charge on any atom is 0.326 e. The summed E-state index contributed by atoms with van der Waals surface area (Å²) in [5.41, 5.74) is 12.9. The number of benzene rings is 1. The molecule has 3 heterocycles. The predicted octanol–water partition coefficient (Wildman–Crippen LogP) is -2.72. The number of likely N-dealkylation sites (tertiary alicyclic amines) is 1. The van der Waals surface area contributed by atoms with Crippen LogP contribution >= 0.6 is 0 Å². The van der Waals surface area contributed by atoms with Crippen molar-refractivity contribution in [2.45, 2.75) is 147 Å². The van der Waals surface area contributed by atoms with Crippen LogP contribution in [-0.4, -0.2) is 167 Å². The molecular weight excluding hydrogens is 1000 g/mol. The number of aromatic amines is 2. The maximum atomic E-state index is 14.3. The van der Waals surface area contributed by atoms with Crippen LogP contribution in [0.4, 0.5) is 0 Å². The zero-order chi connectivity index (χ0) is 57.1. The number of aliphatic carboxylic acids is 1. The Morgan fingerprint density at radius 2 is 1.16 bits per heavy atom. The fraction of sp³-hybridized carbons (Fsp3) is 0.560. The molecule has 0 saturated carbocycles. The lowest BCUT2D eigenvalue weighted by atomic mass is 9.97. The minimum absolute atomic E-state index is 0.0516. The Hall–Kier alpha value is -7.94. The number of carboxylic acid groups (broad SMARTS) is 1. The Bertz CT molecular complexity index is 2490. The number of hydrogen-bond acceptors (Lipinski definition) is 15. The topological polar surface area (TPSA) is 428 Å². The van der Waals surface area contributed by atoms with Crippen LogP contribution in [0, 0.1) is 17.8 Å². The Labute approximate surface area is 445 Å².